The second-order valence-electron chi connectivity index (χ2n) is 5.48. The van der Waals surface area contributed by atoms with E-state index >= 15 is 0 Å². The Hall–Kier alpha value is -2.18. The lowest BCUT2D eigenvalue weighted by Gasteiger charge is -2.37. The average Bonchev–Trinajstić information content (AvgIpc) is 2.95. The Labute approximate surface area is 121 Å². The molecular weight excluding hydrogens is 273 g/mol. The van der Waals surface area contributed by atoms with Crippen molar-refractivity contribution in [2.75, 3.05) is 24.5 Å². The van der Waals surface area contributed by atoms with Gasteiger partial charge in [-0.1, -0.05) is 0 Å². The minimum absolute atomic E-state index is 0.0828. The molecule has 0 unspecified atom stereocenters. The maximum absolute atomic E-state index is 14.6. The smallest absolute Gasteiger partial charge is 0.216 e. The van der Waals surface area contributed by atoms with Crippen LogP contribution in [0, 0.1) is 0 Å². The number of hydrogen-bond acceptors (Lipinski definition) is 4. The maximum Gasteiger partial charge on any atom is 0.216 e. The lowest BCUT2D eigenvalue weighted by Crippen LogP contribution is -2.48. The van der Waals surface area contributed by atoms with Crippen molar-refractivity contribution < 1.29 is 9.18 Å². The van der Waals surface area contributed by atoms with Gasteiger partial charge in [-0.15, -0.1) is 0 Å². The highest BCUT2D eigenvalue weighted by atomic mass is 19.1. The Kier molecular flexibility index (Phi) is 3.48. The number of nitrogens with zero attached hydrogens (tertiary/aromatic N) is 3. The van der Waals surface area contributed by atoms with Gasteiger partial charge in [-0.05, 0) is 6.07 Å². The first-order chi connectivity index (χ1) is 10.1. The number of piperidine rings is 1. The molecule has 1 fully saturated rings. The molecule has 2 aromatic heterocycles. The van der Waals surface area contributed by atoms with Gasteiger partial charge < -0.3 is 15.2 Å². The van der Waals surface area contributed by atoms with Gasteiger partial charge in [0.1, 0.15) is 23.5 Å². The fraction of sp³-hybridized carbons (Fsp3) is 0.500. The van der Waals surface area contributed by atoms with Crippen LogP contribution in [0.2, 0.25) is 0 Å². The standard InChI is InChI=1S/C14H18FN5O/c1-10(21)17-8-14(15)3-6-20(7-4-14)13-11-2-5-16-12(11)18-9-19-13/h2,5,9H,3-4,6-8H2,1H3,(H,17,21)(H,16,18,19). The average molecular weight is 291 g/mol. The molecule has 0 saturated carbocycles. The zero-order chi connectivity index (χ0) is 14.9. The van der Waals surface area contributed by atoms with Crippen LogP contribution in [0.1, 0.15) is 19.8 Å². The van der Waals surface area contributed by atoms with Gasteiger partial charge in [0.2, 0.25) is 5.91 Å². The summed E-state index contributed by atoms with van der Waals surface area (Å²) in [6, 6.07) is 1.93. The van der Waals surface area contributed by atoms with E-state index in [4.69, 9.17) is 0 Å². The third-order valence-corrected chi connectivity index (χ3v) is 3.95. The molecule has 112 valence electrons. The number of hydrogen-bond donors (Lipinski definition) is 2. The second-order valence-corrected chi connectivity index (χ2v) is 5.48. The summed E-state index contributed by atoms with van der Waals surface area (Å²) in [6.07, 6.45) is 4.10. The first kappa shape index (κ1) is 13.8. The number of nitrogens with one attached hydrogen (secondary N) is 2. The van der Waals surface area contributed by atoms with Crippen LogP contribution in [0.3, 0.4) is 0 Å². The van der Waals surface area contributed by atoms with Crippen molar-refractivity contribution in [1.82, 2.24) is 20.3 Å². The summed E-state index contributed by atoms with van der Waals surface area (Å²) in [7, 11) is 0. The van der Waals surface area contributed by atoms with E-state index in [1.807, 2.05) is 12.3 Å². The molecule has 6 nitrogen and oxygen atoms in total. The molecule has 2 aromatic rings. The highest BCUT2D eigenvalue weighted by molar-refractivity contribution is 5.87. The van der Waals surface area contributed by atoms with Gasteiger partial charge in [-0.2, -0.15) is 0 Å². The van der Waals surface area contributed by atoms with E-state index in [-0.39, 0.29) is 12.5 Å². The van der Waals surface area contributed by atoms with Crippen LogP contribution in [0.5, 0.6) is 0 Å². The number of aromatic amines is 1. The number of aromatic nitrogens is 3. The summed E-state index contributed by atoms with van der Waals surface area (Å²) in [6.45, 7) is 2.64. The summed E-state index contributed by atoms with van der Waals surface area (Å²) in [4.78, 5) is 24.5. The minimum Gasteiger partial charge on any atom is -0.356 e. The Morgan fingerprint density at radius 3 is 2.95 bits per heavy atom. The Morgan fingerprint density at radius 1 is 1.48 bits per heavy atom. The van der Waals surface area contributed by atoms with E-state index in [1.165, 1.54) is 13.3 Å². The number of H-pyrrole nitrogens is 1. The van der Waals surface area contributed by atoms with Crippen molar-refractivity contribution in [3.8, 4) is 0 Å². The zero-order valence-corrected chi connectivity index (χ0v) is 11.9. The van der Waals surface area contributed by atoms with Crippen molar-refractivity contribution in [3.05, 3.63) is 18.6 Å². The normalized spacial score (nSPS) is 17.9. The fourth-order valence-electron chi connectivity index (χ4n) is 2.69. The molecule has 3 heterocycles. The molecule has 7 heteroatoms. The first-order valence-corrected chi connectivity index (χ1v) is 7.04. The van der Waals surface area contributed by atoms with Crippen LogP contribution >= 0.6 is 0 Å². The largest absolute Gasteiger partial charge is 0.356 e. The molecule has 1 aliphatic rings. The van der Waals surface area contributed by atoms with E-state index < -0.39 is 5.67 Å². The van der Waals surface area contributed by atoms with Gasteiger partial charge in [0.05, 0.1) is 11.9 Å². The fourth-order valence-corrected chi connectivity index (χ4v) is 2.69. The number of amides is 1. The Bertz CT molecular complexity index is 648. The van der Waals surface area contributed by atoms with Crippen molar-refractivity contribution in [2.45, 2.75) is 25.4 Å². The molecule has 0 aromatic carbocycles. The van der Waals surface area contributed by atoms with Crippen molar-refractivity contribution in [3.63, 3.8) is 0 Å². The van der Waals surface area contributed by atoms with Crippen molar-refractivity contribution >= 4 is 22.8 Å². The summed E-state index contributed by atoms with van der Waals surface area (Å²) < 4.78 is 14.6. The molecule has 1 saturated heterocycles. The number of fused-ring (bicyclic) bond motifs is 1. The summed E-state index contributed by atoms with van der Waals surface area (Å²) in [5, 5.41) is 3.52. The van der Waals surface area contributed by atoms with Gasteiger partial charge in [-0.25, -0.2) is 14.4 Å². The number of carbonyl (C=O) groups is 1. The van der Waals surface area contributed by atoms with Crippen LogP contribution in [0.25, 0.3) is 11.0 Å². The van der Waals surface area contributed by atoms with E-state index in [0.717, 1.165) is 16.9 Å². The van der Waals surface area contributed by atoms with E-state index in [2.05, 4.69) is 25.2 Å². The number of rotatable bonds is 3. The molecule has 0 aliphatic carbocycles. The Morgan fingerprint density at radius 2 is 2.24 bits per heavy atom. The van der Waals surface area contributed by atoms with Gasteiger partial charge >= 0.3 is 0 Å². The molecule has 1 aliphatic heterocycles. The van der Waals surface area contributed by atoms with Gasteiger partial charge in [-0.3, -0.25) is 4.79 Å². The SMILES string of the molecule is CC(=O)NCC1(F)CCN(c2ncnc3[nH]ccc23)CC1. The molecule has 0 spiro atoms. The molecule has 21 heavy (non-hydrogen) atoms. The minimum atomic E-state index is -1.33. The lowest BCUT2D eigenvalue weighted by molar-refractivity contribution is -0.119. The lowest BCUT2D eigenvalue weighted by atomic mass is 9.93. The van der Waals surface area contributed by atoms with Crippen LogP contribution in [-0.2, 0) is 4.79 Å². The van der Waals surface area contributed by atoms with E-state index in [9.17, 15) is 9.18 Å². The van der Waals surface area contributed by atoms with Crippen LogP contribution in [-0.4, -0.2) is 46.2 Å². The van der Waals surface area contributed by atoms with Crippen LogP contribution in [0.4, 0.5) is 10.2 Å². The highest BCUT2D eigenvalue weighted by Gasteiger charge is 2.35. The Balaban J connectivity index is 1.71. The van der Waals surface area contributed by atoms with Crippen molar-refractivity contribution in [2.24, 2.45) is 0 Å². The van der Waals surface area contributed by atoms with E-state index in [0.29, 0.717) is 25.9 Å². The number of halogens is 1. The number of anilines is 1. The molecule has 3 rings (SSSR count). The van der Waals surface area contributed by atoms with Crippen molar-refractivity contribution in [1.29, 1.82) is 0 Å². The molecule has 1 amide bonds. The molecule has 2 N–H and O–H groups in total. The monoisotopic (exact) mass is 291 g/mol. The summed E-state index contributed by atoms with van der Waals surface area (Å²) in [5.74, 6) is 0.641. The molecule has 0 radical (unpaired) electrons. The summed E-state index contributed by atoms with van der Waals surface area (Å²) >= 11 is 0. The third kappa shape index (κ3) is 2.81. The highest BCUT2D eigenvalue weighted by Crippen LogP contribution is 2.30. The molecule has 0 bridgehead atoms. The predicted molar refractivity (Wildman–Crippen MR) is 77.9 cm³/mol. The third-order valence-electron chi connectivity index (χ3n) is 3.95. The van der Waals surface area contributed by atoms with Gasteiger partial charge in [0, 0.05) is 39.1 Å². The molecule has 0 atom stereocenters. The number of carbonyl (C=O) groups excluding carboxylic acids is 1. The van der Waals surface area contributed by atoms with Crippen LogP contribution < -0.4 is 10.2 Å². The van der Waals surface area contributed by atoms with Gasteiger partial charge in [0.25, 0.3) is 0 Å². The first-order valence-electron chi connectivity index (χ1n) is 7.04. The quantitative estimate of drug-likeness (QED) is 0.896. The zero-order valence-electron chi connectivity index (χ0n) is 11.9. The van der Waals surface area contributed by atoms with Gasteiger partial charge in [0.15, 0.2) is 0 Å². The van der Waals surface area contributed by atoms with E-state index in [1.54, 1.807) is 0 Å². The topological polar surface area (TPSA) is 73.9 Å². The molecular formula is C14H18FN5O. The maximum atomic E-state index is 14.6. The number of alkyl halides is 1. The summed E-state index contributed by atoms with van der Waals surface area (Å²) in [5.41, 5.74) is -0.540. The second kappa shape index (κ2) is 5.31. The van der Waals surface area contributed by atoms with Crippen LogP contribution in [0.15, 0.2) is 18.6 Å². The predicted octanol–water partition coefficient (Wildman–Crippen LogP) is 1.40.